The molecule has 0 saturated carbocycles. The average Bonchev–Trinajstić information content (AvgIpc) is 3.28. The summed E-state index contributed by atoms with van der Waals surface area (Å²) in [7, 11) is 2.00. The molecule has 0 radical (unpaired) electrons. The van der Waals surface area contributed by atoms with Crippen molar-refractivity contribution < 1.29 is 0 Å². The van der Waals surface area contributed by atoms with Crippen molar-refractivity contribution in [2.75, 3.05) is 13.6 Å². The number of allylic oxidation sites excluding steroid dienone is 3. The van der Waals surface area contributed by atoms with Crippen molar-refractivity contribution in [1.29, 1.82) is 0 Å². The van der Waals surface area contributed by atoms with Crippen LogP contribution >= 0.6 is 0 Å². The maximum Gasteiger partial charge on any atom is 0.0658 e. The molecule has 1 aromatic carbocycles. The molecule has 0 atom stereocenters. The van der Waals surface area contributed by atoms with Crippen molar-refractivity contribution in [3.8, 4) is 12.8 Å². The number of hydrogen-bond acceptors (Lipinski definition) is 5. The highest BCUT2D eigenvalue weighted by Gasteiger charge is 2.21. The van der Waals surface area contributed by atoms with Gasteiger partial charge in [0.15, 0.2) is 0 Å². The summed E-state index contributed by atoms with van der Waals surface area (Å²) >= 11 is 0. The van der Waals surface area contributed by atoms with Crippen molar-refractivity contribution in [3.63, 3.8) is 0 Å². The first kappa shape index (κ1) is 30.4. The Morgan fingerprint density at radius 1 is 1.24 bits per heavy atom. The zero-order valence-corrected chi connectivity index (χ0v) is 22.0. The Morgan fingerprint density at radius 2 is 1.91 bits per heavy atom. The van der Waals surface area contributed by atoms with E-state index in [0.717, 1.165) is 30.1 Å². The van der Waals surface area contributed by atoms with Crippen LogP contribution in [0.4, 0.5) is 5.69 Å². The van der Waals surface area contributed by atoms with Crippen LogP contribution in [-0.2, 0) is 0 Å². The highest BCUT2D eigenvalue weighted by atomic mass is 15.5. The Labute approximate surface area is 207 Å². The fraction of sp³-hybridized carbons (Fsp3) is 0.310. The third kappa shape index (κ3) is 9.48. The van der Waals surface area contributed by atoms with Crippen molar-refractivity contribution in [1.82, 2.24) is 15.3 Å². The highest BCUT2D eigenvalue weighted by molar-refractivity contribution is 5.98. The van der Waals surface area contributed by atoms with Gasteiger partial charge in [0.2, 0.25) is 0 Å². The molecule has 0 unspecified atom stereocenters. The van der Waals surface area contributed by atoms with Crippen LogP contribution in [0.1, 0.15) is 45.2 Å². The largest absolute Gasteiger partial charge is 0.318 e. The Morgan fingerprint density at radius 3 is 2.44 bits per heavy atom. The van der Waals surface area contributed by atoms with Gasteiger partial charge in [0.25, 0.3) is 0 Å². The number of aryl methyl sites for hydroxylation is 2. The summed E-state index contributed by atoms with van der Waals surface area (Å²) in [5.41, 5.74) is 11.1. The standard InChI is InChI=1S/C14H20N4.C11H13N.C2H6.C2H2/c1-5-6-14(13-9-16-17(4)10-13)18-8-7-15-11(2)12(18)3;1-4-7-12-11-6-5-9(2)8-10(11)3;2*1-2/h6-8,10,16H,3,5,9H2,1-2,4H3;4-8H,1H2,2-3H3;1-2H3;1-2H/b14-6-;;;. The van der Waals surface area contributed by atoms with E-state index in [1.54, 1.807) is 12.3 Å². The lowest BCUT2D eigenvalue weighted by atomic mass is 10.1. The fourth-order valence-electron chi connectivity index (χ4n) is 3.13. The third-order valence-corrected chi connectivity index (χ3v) is 4.72. The smallest absolute Gasteiger partial charge is 0.0658 e. The summed E-state index contributed by atoms with van der Waals surface area (Å²) in [5.74, 6) is 0. The minimum Gasteiger partial charge on any atom is -0.318 e. The van der Waals surface area contributed by atoms with E-state index in [9.17, 15) is 0 Å². The molecule has 0 fully saturated rings. The molecule has 0 spiro atoms. The molecule has 182 valence electrons. The van der Waals surface area contributed by atoms with Crippen LogP contribution in [0.2, 0.25) is 0 Å². The van der Waals surface area contributed by atoms with Crippen LogP contribution in [0.5, 0.6) is 0 Å². The second kappa shape index (κ2) is 16.9. The lowest BCUT2D eigenvalue weighted by Crippen LogP contribution is -2.26. The van der Waals surface area contributed by atoms with E-state index in [1.807, 2.05) is 51.3 Å². The highest BCUT2D eigenvalue weighted by Crippen LogP contribution is 2.25. The Hall–Kier alpha value is -3.62. The second-order valence-corrected chi connectivity index (χ2v) is 7.23. The van der Waals surface area contributed by atoms with Gasteiger partial charge < -0.3 is 9.91 Å². The first-order valence-corrected chi connectivity index (χ1v) is 11.5. The van der Waals surface area contributed by atoms with Crippen LogP contribution in [0.15, 0.2) is 89.1 Å². The first-order valence-electron chi connectivity index (χ1n) is 11.5. The topological polar surface area (TPSA) is 43.2 Å². The maximum atomic E-state index is 4.27. The second-order valence-electron chi connectivity index (χ2n) is 7.23. The molecule has 0 bridgehead atoms. The average molecular weight is 460 g/mol. The van der Waals surface area contributed by atoms with Gasteiger partial charge in [-0.15, -0.1) is 12.8 Å². The molecule has 0 saturated heterocycles. The van der Waals surface area contributed by atoms with E-state index < -0.39 is 0 Å². The summed E-state index contributed by atoms with van der Waals surface area (Å²) < 4.78 is 0. The van der Waals surface area contributed by atoms with Crippen molar-refractivity contribution >= 4 is 17.6 Å². The summed E-state index contributed by atoms with van der Waals surface area (Å²) in [6.45, 7) is 20.8. The van der Waals surface area contributed by atoms with Crippen molar-refractivity contribution in [2.24, 2.45) is 9.98 Å². The van der Waals surface area contributed by atoms with Crippen molar-refractivity contribution in [2.45, 2.75) is 48.0 Å². The minimum absolute atomic E-state index is 0.843. The summed E-state index contributed by atoms with van der Waals surface area (Å²) in [5, 5.41) is 1.98. The van der Waals surface area contributed by atoms with Gasteiger partial charge in [-0.1, -0.05) is 63.8 Å². The van der Waals surface area contributed by atoms with Crippen molar-refractivity contribution in [3.05, 3.63) is 90.2 Å². The number of benzene rings is 1. The number of hydrogen-bond donors (Lipinski definition) is 1. The number of nitrogens with zero attached hydrogens (tertiary/aromatic N) is 4. The molecule has 2 aliphatic heterocycles. The molecule has 2 heterocycles. The first-order chi connectivity index (χ1) is 16.4. The van der Waals surface area contributed by atoms with Gasteiger partial charge in [0.05, 0.1) is 17.1 Å². The molecule has 0 amide bonds. The van der Waals surface area contributed by atoms with Gasteiger partial charge in [0.1, 0.15) is 0 Å². The van der Waals surface area contributed by atoms with Gasteiger partial charge in [-0.2, -0.15) is 0 Å². The summed E-state index contributed by atoms with van der Waals surface area (Å²) in [6, 6.07) is 6.20. The molecule has 3 rings (SSSR count). The monoisotopic (exact) mass is 459 g/mol. The lowest BCUT2D eigenvalue weighted by molar-refractivity contribution is 0.373. The quantitative estimate of drug-likeness (QED) is 0.387. The van der Waals surface area contributed by atoms with Crippen LogP contribution in [0.3, 0.4) is 0 Å². The Kier molecular flexibility index (Phi) is 15.1. The van der Waals surface area contributed by atoms with E-state index in [1.165, 1.54) is 22.4 Å². The molecule has 5 heteroatoms. The van der Waals surface area contributed by atoms with Gasteiger partial charge in [-0.05, 0) is 38.8 Å². The zero-order valence-electron chi connectivity index (χ0n) is 22.0. The van der Waals surface area contributed by atoms with Crippen LogP contribution in [0.25, 0.3) is 0 Å². The molecule has 5 nitrogen and oxygen atoms in total. The number of aliphatic imine (C=N–C) groups is 2. The SMILES string of the molecule is C#C.C=C1C(C)=NC=CN1/C(=C\CC)C1=CN(C)NC1.C=CC=Nc1ccc(C)cc1C.CC. The van der Waals surface area contributed by atoms with E-state index in [-0.39, 0.29) is 0 Å². The molecule has 0 aromatic heterocycles. The fourth-order valence-corrected chi connectivity index (χ4v) is 3.13. The van der Waals surface area contributed by atoms with E-state index in [2.05, 4.69) is 91.5 Å². The molecule has 34 heavy (non-hydrogen) atoms. The Balaban J connectivity index is 0.000000592. The molecule has 1 aromatic rings. The summed E-state index contributed by atoms with van der Waals surface area (Å²) in [6.07, 6.45) is 20.5. The van der Waals surface area contributed by atoms with Crippen LogP contribution in [-0.4, -0.2) is 35.4 Å². The summed E-state index contributed by atoms with van der Waals surface area (Å²) in [4.78, 5) is 10.6. The van der Waals surface area contributed by atoms with Crippen LogP contribution < -0.4 is 5.43 Å². The number of hydrazine groups is 1. The van der Waals surface area contributed by atoms with E-state index >= 15 is 0 Å². The minimum atomic E-state index is 0.843. The van der Waals surface area contributed by atoms with E-state index in [4.69, 9.17) is 0 Å². The zero-order chi connectivity index (χ0) is 26.1. The predicted octanol–water partition coefficient (Wildman–Crippen LogP) is 6.84. The Bertz CT molecular complexity index is 973. The molecule has 1 N–H and O–H groups in total. The molecule has 0 aliphatic carbocycles. The third-order valence-electron chi connectivity index (χ3n) is 4.72. The number of nitrogens with one attached hydrogen (secondary N) is 1. The van der Waals surface area contributed by atoms with Crippen LogP contribution in [0, 0.1) is 26.7 Å². The number of terminal acetylenes is 1. The van der Waals surface area contributed by atoms with Gasteiger partial charge >= 0.3 is 0 Å². The molecular formula is C29H41N5. The molecule has 2 aliphatic rings. The van der Waals surface area contributed by atoms with Gasteiger partial charge in [0, 0.05) is 49.7 Å². The maximum absolute atomic E-state index is 4.27. The van der Waals surface area contributed by atoms with E-state index in [0.29, 0.717) is 0 Å². The van der Waals surface area contributed by atoms with Gasteiger partial charge in [-0.25, -0.2) is 5.43 Å². The number of rotatable bonds is 5. The van der Waals surface area contributed by atoms with Gasteiger partial charge in [-0.3, -0.25) is 9.98 Å². The predicted molar refractivity (Wildman–Crippen MR) is 151 cm³/mol. The lowest BCUT2D eigenvalue weighted by Gasteiger charge is -2.28. The molecular weight excluding hydrogens is 418 g/mol. The normalized spacial score (nSPS) is 14.7.